The van der Waals surface area contributed by atoms with E-state index in [1.807, 2.05) is 19.9 Å². The first-order valence-electron chi connectivity index (χ1n) is 4.58. The molecule has 15 heavy (non-hydrogen) atoms. The number of aryl methyl sites for hydroxylation is 1. The second-order valence-electron chi connectivity index (χ2n) is 3.39. The topological polar surface area (TPSA) is 38.3 Å². The van der Waals surface area contributed by atoms with Crippen LogP contribution < -0.4 is 10.1 Å². The van der Waals surface area contributed by atoms with Crippen molar-refractivity contribution in [1.82, 2.24) is 0 Å². The first kappa shape index (κ1) is 12.0. The van der Waals surface area contributed by atoms with Crippen molar-refractivity contribution in [3.8, 4) is 5.75 Å². The second-order valence-corrected chi connectivity index (χ2v) is 4.19. The van der Waals surface area contributed by atoms with Gasteiger partial charge in [-0.3, -0.25) is 4.79 Å². The highest BCUT2D eigenvalue weighted by molar-refractivity contribution is 9.10. The van der Waals surface area contributed by atoms with E-state index in [2.05, 4.69) is 21.2 Å². The van der Waals surface area contributed by atoms with Crippen LogP contribution in [0.1, 0.15) is 18.1 Å². The number of methoxy groups -OCH3 is 1. The lowest BCUT2D eigenvalue weighted by molar-refractivity contribution is -0.114. The van der Waals surface area contributed by atoms with Gasteiger partial charge in [-0.2, -0.15) is 0 Å². The molecule has 0 unspecified atom stereocenters. The van der Waals surface area contributed by atoms with Crippen molar-refractivity contribution >= 4 is 27.5 Å². The Bertz CT molecular complexity index is 402. The van der Waals surface area contributed by atoms with Crippen molar-refractivity contribution in [2.24, 2.45) is 0 Å². The third-order valence-corrected chi connectivity index (χ3v) is 3.16. The molecule has 1 rings (SSSR count). The fourth-order valence-corrected chi connectivity index (χ4v) is 1.93. The summed E-state index contributed by atoms with van der Waals surface area (Å²) < 4.78 is 6.14. The summed E-state index contributed by atoms with van der Waals surface area (Å²) in [6, 6.07) is 1.89. The number of halogens is 1. The highest BCUT2D eigenvalue weighted by Crippen LogP contribution is 2.35. The lowest BCUT2D eigenvalue weighted by Crippen LogP contribution is -2.07. The summed E-state index contributed by atoms with van der Waals surface area (Å²) in [5.74, 6) is 0.760. The fourth-order valence-electron chi connectivity index (χ4n) is 1.54. The number of nitrogens with one attached hydrogen (secondary N) is 1. The minimum Gasteiger partial charge on any atom is -0.496 e. The van der Waals surface area contributed by atoms with Gasteiger partial charge in [-0.1, -0.05) is 0 Å². The Balaban J connectivity index is 3.27. The molecule has 0 spiro atoms. The Hall–Kier alpha value is -1.03. The van der Waals surface area contributed by atoms with Gasteiger partial charge in [0.2, 0.25) is 5.91 Å². The van der Waals surface area contributed by atoms with Gasteiger partial charge in [0.05, 0.1) is 12.8 Å². The Kier molecular flexibility index (Phi) is 3.74. The standard InChI is InChI=1S/C11H14BrNO2/c1-6-5-9(13-8(3)14)10(12)7(2)11(6)15-4/h5H,1-4H3,(H,13,14). The molecule has 0 aliphatic rings. The maximum atomic E-state index is 11.0. The average molecular weight is 272 g/mol. The normalized spacial score (nSPS) is 9.93. The van der Waals surface area contributed by atoms with Gasteiger partial charge >= 0.3 is 0 Å². The number of carbonyl (C=O) groups excluding carboxylic acids is 1. The van der Waals surface area contributed by atoms with E-state index in [4.69, 9.17) is 4.74 Å². The Morgan fingerprint density at radius 3 is 2.53 bits per heavy atom. The van der Waals surface area contributed by atoms with Gasteiger partial charge in [0, 0.05) is 17.0 Å². The molecule has 1 aromatic carbocycles. The van der Waals surface area contributed by atoms with Crippen molar-refractivity contribution in [2.45, 2.75) is 20.8 Å². The minimum atomic E-state index is -0.0836. The van der Waals surface area contributed by atoms with E-state index < -0.39 is 0 Å². The van der Waals surface area contributed by atoms with Crippen molar-refractivity contribution in [3.63, 3.8) is 0 Å². The number of anilines is 1. The van der Waals surface area contributed by atoms with E-state index in [0.717, 1.165) is 27.0 Å². The smallest absolute Gasteiger partial charge is 0.221 e. The van der Waals surface area contributed by atoms with Gasteiger partial charge in [-0.15, -0.1) is 0 Å². The van der Waals surface area contributed by atoms with Crippen molar-refractivity contribution in [2.75, 3.05) is 12.4 Å². The second kappa shape index (κ2) is 4.66. The number of ether oxygens (including phenoxy) is 1. The highest BCUT2D eigenvalue weighted by atomic mass is 79.9. The predicted octanol–water partition coefficient (Wildman–Crippen LogP) is 3.03. The molecule has 0 heterocycles. The number of hydrogen-bond acceptors (Lipinski definition) is 2. The lowest BCUT2D eigenvalue weighted by atomic mass is 10.1. The van der Waals surface area contributed by atoms with Gasteiger partial charge in [0.15, 0.2) is 0 Å². The van der Waals surface area contributed by atoms with Gasteiger partial charge in [0.25, 0.3) is 0 Å². The zero-order valence-electron chi connectivity index (χ0n) is 9.27. The Morgan fingerprint density at radius 2 is 2.07 bits per heavy atom. The first-order valence-corrected chi connectivity index (χ1v) is 5.38. The third kappa shape index (κ3) is 2.50. The molecule has 0 saturated carbocycles. The van der Waals surface area contributed by atoms with E-state index >= 15 is 0 Å². The van der Waals surface area contributed by atoms with Crippen LogP contribution in [0.5, 0.6) is 5.75 Å². The van der Waals surface area contributed by atoms with Gasteiger partial charge in [0.1, 0.15) is 5.75 Å². The van der Waals surface area contributed by atoms with E-state index in [-0.39, 0.29) is 5.91 Å². The number of benzene rings is 1. The number of rotatable bonds is 2. The van der Waals surface area contributed by atoms with Crippen molar-refractivity contribution in [3.05, 3.63) is 21.7 Å². The van der Waals surface area contributed by atoms with Gasteiger partial charge in [-0.05, 0) is 41.4 Å². The summed E-state index contributed by atoms with van der Waals surface area (Å²) in [6.45, 7) is 5.38. The molecule has 0 fully saturated rings. The van der Waals surface area contributed by atoms with Gasteiger partial charge < -0.3 is 10.1 Å². The van der Waals surface area contributed by atoms with E-state index in [9.17, 15) is 4.79 Å². The quantitative estimate of drug-likeness (QED) is 0.898. The zero-order chi connectivity index (χ0) is 11.6. The number of amides is 1. The molecule has 0 bridgehead atoms. The molecule has 4 heteroatoms. The molecule has 1 N–H and O–H groups in total. The highest BCUT2D eigenvalue weighted by Gasteiger charge is 2.12. The number of carbonyl (C=O) groups is 1. The monoisotopic (exact) mass is 271 g/mol. The molecule has 0 aliphatic carbocycles. The molecule has 0 aliphatic heterocycles. The van der Waals surface area contributed by atoms with E-state index in [0.29, 0.717) is 0 Å². The molecule has 1 aromatic rings. The summed E-state index contributed by atoms with van der Waals surface area (Å²) in [5.41, 5.74) is 2.77. The summed E-state index contributed by atoms with van der Waals surface area (Å²) in [7, 11) is 1.64. The van der Waals surface area contributed by atoms with Gasteiger partial charge in [-0.25, -0.2) is 0 Å². The van der Waals surface area contributed by atoms with Crippen LogP contribution in [0.15, 0.2) is 10.5 Å². The molecule has 1 amide bonds. The molecular weight excluding hydrogens is 258 g/mol. The van der Waals surface area contributed by atoms with Crippen LogP contribution in [0.25, 0.3) is 0 Å². The molecule has 3 nitrogen and oxygen atoms in total. The van der Waals surface area contributed by atoms with Crippen LogP contribution in [-0.2, 0) is 4.79 Å². The van der Waals surface area contributed by atoms with Crippen LogP contribution in [0.3, 0.4) is 0 Å². The molecule has 0 radical (unpaired) electrons. The molecule has 82 valence electrons. The number of hydrogen-bond donors (Lipinski definition) is 1. The fraction of sp³-hybridized carbons (Fsp3) is 0.364. The van der Waals surface area contributed by atoms with Crippen molar-refractivity contribution < 1.29 is 9.53 Å². The SMILES string of the molecule is COc1c(C)cc(NC(C)=O)c(Br)c1C. The Morgan fingerprint density at radius 1 is 1.47 bits per heavy atom. The minimum absolute atomic E-state index is 0.0836. The average Bonchev–Trinajstić information content (AvgIpc) is 2.14. The first-order chi connectivity index (χ1) is 6.97. The maximum absolute atomic E-state index is 11.0. The molecular formula is C11H14BrNO2. The van der Waals surface area contributed by atoms with Crippen LogP contribution in [0, 0.1) is 13.8 Å². The molecule has 0 saturated heterocycles. The summed E-state index contributed by atoms with van der Waals surface area (Å²) in [4.78, 5) is 11.0. The summed E-state index contributed by atoms with van der Waals surface area (Å²) in [6.07, 6.45) is 0. The van der Waals surface area contributed by atoms with Crippen LogP contribution >= 0.6 is 15.9 Å². The Labute approximate surface area is 97.9 Å². The van der Waals surface area contributed by atoms with E-state index in [1.165, 1.54) is 6.92 Å². The molecule has 0 aromatic heterocycles. The molecule has 0 atom stereocenters. The largest absolute Gasteiger partial charge is 0.496 e. The van der Waals surface area contributed by atoms with E-state index in [1.54, 1.807) is 7.11 Å². The third-order valence-electron chi connectivity index (χ3n) is 2.14. The predicted molar refractivity (Wildman–Crippen MR) is 64.5 cm³/mol. The summed E-state index contributed by atoms with van der Waals surface area (Å²) >= 11 is 3.44. The lowest BCUT2D eigenvalue weighted by Gasteiger charge is -2.14. The summed E-state index contributed by atoms with van der Waals surface area (Å²) in [5, 5.41) is 2.76. The maximum Gasteiger partial charge on any atom is 0.221 e. The van der Waals surface area contributed by atoms with Crippen LogP contribution in [0.4, 0.5) is 5.69 Å². The zero-order valence-corrected chi connectivity index (χ0v) is 10.9. The van der Waals surface area contributed by atoms with Crippen LogP contribution in [0.2, 0.25) is 0 Å². The van der Waals surface area contributed by atoms with Crippen LogP contribution in [-0.4, -0.2) is 13.0 Å². The van der Waals surface area contributed by atoms with Crippen molar-refractivity contribution in [1.29, 1.82) is 0 Å².